The maximum Gasteiger partial charge on any atom is 0.251 e. The second-order valence-electron chi connectivity index (χ2n) is 22.2. The number of hydrogen-bond donors (Lipinski definition) is 3. The van der Waals surface area contributed by atoms with Gasteiger partial charge in [0.2, 0.25) is 11.8 Å². The molecule has 2 aromatic heterocycles. The third-order valence-corrected chi connectivity index (χ3v) is 17.7. The molecule has 7 aliphatic rings. The summed E-state index contributed by atoms with van der Waals surface area (Å²) >= 11 is 0. The molecule has 6 heterocycles. The summed E-state index contributed by atoms with van der Waals surface area (Å²) in [5, 5.41) is 3.28. The number of rotatable bonds is 10. The molecule has 74 heavy (non-hydrogen) atoms. The lowest BCUT2D eigenvalue weighted by atomic mass is 9.82. The molecule has 3 saturated heterocycles. The molecule has 378 valence electrons. The predicted molar refractivity (Wildman–Crippen MR) is 281 cm³/mol. The van der Waals surface area contributed by atoms with Gasteiger partial charge in [-0.25, -0.2) is 9.97 Å². The van der Waals surface area contributed by atoms with Crippen LogP contribution in [0.15, 0.2) is 109 Å². The van der Waals surface area contributed by atoms with E-state index in [1.165, 1.54) is 47.9 Å². The summed E-state index contributed by atoms with van der Waals surface area (Å²) in [4.78, 5) is 49.6. The first-order valence-corrected chi connectivity index (χ1v) is 27.2. The Bertz CT molecular complexity index is 3300. The zero-order valence-electron chi connectivity index (χ0n) is 42.1. The third-order valence-electron chi connectivity index (χ3n) is 17.7. The number of imidazole rings is 2. The quantitative estimate of drug-likeness (QED) is 0.122. The van der Waals surface area contributed by atoms with E-state index in [-0.39, 0.29) is 29.3 Å². The molecule has 14 rings (SSSR count). The maximum atomic E-state index is 14.2. The standard InChI is InChI=1S/C61H63N7O6/c1-62-53(39-15-6-3-7-16-39)58(70)67-28-12-17-50(67)56-63-36-49(66-56)43-21-20-42(45-33-59(34-46(43)45)24-8-9-25-59)44-22-19-41(54-55(44)74-60(73-54)26-10-11-27-60)40-18-23-47-48(32-40)65-57(64-47)51-35-61(71-29-30-72-61)37-68(51)52(69)31-38-13-4-2-5-14-38/h2-7,13-16,18-23,32,36,50-51,53,62H,8-12,17,24-31,33-35,37H2,1H3,(H,63,66)(H,64,65)/t50-,51+,53?/m1/s1. The van der Waals surface area contributed by atoms with Crippen molar-refractivity contribution in [2.75, 3.05) is 33.4 Å². The van der Waals surface area contributed by atoms with Crippen LogP contribution in [0.5, 0.6) is 11.5 Å². The molecule has 3 aliphatic carbocycles. The minimum Gasteiger partial charge on any atom is -0.448 e. The second kappa shape index (κ2) is 18.0. The molecule has 0 bridgehead atoms. The summed E-state index contributed by atoms with van der Waals surface area (Å²) in [5.74, 6) is 1.76. The van der Waals surface area contributed by atoms with Gasteiger partial charge in [-0.15, -0.1) is 0 Å². The molecule has 13 heteroatoms. The monoisotopic (exact) mass is 989 g/mol. The Balaban J connectivity index is 0.801. The molecule has 5 fully saturated rings. The van der Waals surface area contributed by atoms with E-state index in [1.54, 1.807) is 0 Å². The number of aromatic amines is 2. The van der Waals surface area contributed by atoms with Crippen LogP contribution in [0.3, 0.4) is 0 Å². The second-order valence-corrected chi connectivity index (χ2v) is 22.2. The topological polar surface area (TPSA) is 147 Å². The Hall–Kier alpha value is -6.80. The van der Waals surface area contributed by atoms with Crippen LogP contribution in [0, 0.1) is 5.41 Å². The average molecular weight is 990 g/mol. The Labute approximate surface area is 431 Å². The average Bonchev–Trinajstić information content (AvgIpc) is 4.29. The lowest BCUT2D eigenvalue weighted by Crippen LogP contribution is -2.39. The van der Waals surface area contributed by atoms with Crippen molar-refractivity contribution in [2.45, 2.75) is 120 Å². The number of benzene rings is 5. The van der Waals surface area contributed by atoms with Crippen LogP contribution in [0.2, 0.25) is 0 Å². The zero-order valence-corrected chi connectivity index (χ0v) is 42.1. The number of hydrogen-bond acceptors (Lipinski definition) is 9. The fourth-order valence-electron chi connectivity index (χ4n) is 14.1. The summed E-state index contributed by atoms with van der Waals surface area (Å²) in [6, 6.07) is 34.4. The highest BCUT2D eigenvalue weighted by molar-refractivity contribution is 5.90. The molecule has 13 nitrogen and oxygen atoms in total. The highest BCUT2D eigenvalue weighted by Gasteiger charge is 2.52. The van der Waals surface area contributed by atoms with Crippen molar-refractivity contribution in [1.29, 1.82) is 0 Å². The fourth-order valence-corrected chi connectivity index (χ4v) is 14.1. The Morgan fingerprint density at radius 3 is 2.18 bits per heavy atom. The first-order valence-electron chi connectivity index (χ1n) is 27.2. The van der Waals surface area contributed by atoms with Gasteiger partial charge >= 0.3 is 0 Å². The number of H-pyrrole nitrogens is 2. The zero-order chi connectivity index (χ0) is 49.6. The lowest BCUT2D eigenvalue weighted by molar-refractivity contribution is -0.152. The molecular weight excluding hydrogens is 927 g/mol. The van der Waals surface area contributed by atoms with E-state index in [9.17, 15) is 9.59 Å². The molecule has 3 spiro atoms. The van der Waals surface area contributed by atoms with Crippen LogP contribution in [0.1, 0.15) is 123 Å². The Kier molecular flexibility index (Phi) is 11.1. The van der Waals surface area contributed by atoms with Crippen LogP contribution < -0.4 is 14.8 Å². The molecule has 3 N–H and O–H groups in total. The first-order chi connectivity index (χ1) is 36.3. The van der Waals surface area contributed by atoms with Crippen molar-refractivity contribution in [3.63, 3.8) is 0 Å². The highest BCUT2D eigenvalue weighted by atomic mass is 16.7. The van der Waals surface area contributed by atoms with Crippen molar-refractivity contribution in [3.8, 4) is 45.0 Å². The minimum absolute atomic E-state index is 0.0177. The smallest absolute Gasteiger partial charge is 0.251 e. The van der Waals surface area contributed by atoms with Gasteiger partial charge < -0.3 is 44.0 Å². The van der Waals surface area contributed by atoms with Crippen LogP contribution >= 0.6 is 0 Å². The van der Waals surface area contributed by atoms with Crippen molar-refractivity contribution < 1.29 is 28.5 Å². The van der Waals surface area contributed by atoms with Crippen molar-refractivity contribution in [2.24, 2.45) is 5.41 Å². The summed E-state index contributed by atoms with van der Waals surface area (Å²) in [5.41, 5.74) is 13.1. The number of ether oxygens (including phenoxy) is 4. The summed E-state index contributed by atoms with van der Waals surface area (Å²) < 4.78 is 26.6. The van der Waals surface area contributed by atoms with Crippen LogP contribution in [-0.4, -0.2) is 86.5 Å². The molecular formula is C61H63N7O6. The van der Waals surface area contributed by atoms with Crippen LogP contribution in [0.25, 0.3) is 44.5 Å². The van der Waals surface area contributed by atoms with Crippen molar-refractivity contribution >= 4 is 22.8 Å². The van der Waals surface area contributed by atoms with E-state index >= 15 is 0 Å². The van der Waals surface area contributed by atoms with Gasteiger partial charge in [-0.3, -0.25) is 9.59 Å². The lowest BCUT2D eigenvalue weighted by Gasteiger charge is -2.28. The molecule has 2 amide bonds. The van der Waals surface area contributed by atoms with Gasteiger partial charge in [0, 0.05) is 42.5 Å². The Morgan fingerprint density at radius 2 is 1.41 bits per heavy atom. The fraction of sp³-hybridized carbons (Fsp3) is 0.410. The number of likely N-dealkylation sites (N-methyl/N-ethyl adjacent to an activating group) is 1. The predicted octanol–water partition coefficient (Wildman–Crippen LogP) is 10.9. The van der Waals surface area contributed by atoms with E-state index in [4.69, 9.17) is 28.9 Å². The number of carbonyl (C=O) groups is 2. The molecule has 4 aliphatic heterocycles. The van der Waals surface area contributed by atoms with Gasteiger partial charge in [-0.05, 0) is 121 Å². The van der Waals surface area contributed by atoms with Gasteiger partial charge in [0.05, 0.1) is 61.2 Å². The number of aromatic nitrogens is 4. The highest BCUT2D eigenvalue weighted by Crippen LogP contribution is 2.58. The van der Waals surface area contributed by atoms with Crippen LogP contribution in [-0.2, 0) is 38.3 Å². The molecule has 2 saturated carbocycles. The third kappa shape index (κ3) is 7.75. The Morgan fingerprint density at radius 1 is 0.716 bits per heavy atom. The molecule has 1 unspecified atom stereocenters. The number of carbonyl (C=O) groups excluding carboxylic acids is 2. The van der Waals surface area contributed by atoms with Gasteiger partial charge in [-0.1, -0.05) is 91.7 Å². The van der Waals surface area contributed by atoms with Crippen LogP contribution in [0.4, 0.5) is 0 Å². The van der Waals surface area contributed by atoms with E-state index < -0.39 is 17.6 Å². The number of fused-ring (bicyclic) bond motifs is 3. The molecule has 7 aromatic rings. The SMILES string of the molecule is CNC(C(=O)N1CCC[C@@H]1c1ncc(-c2ccc(-c3ccc(-c4ccc5nc([C@@H]6CC7(CN6C(=O)Cc6ccccc6)OCCO7)[nH]c5c4)c4c3OC3(CCCC3)O4)c3c2CC2(CCCC2)C3)[nH]1)c1ccccc1. The van der Waals surface area contributed by atoms with E-state index in [0.717, 1.165) is 119 Å². The van der Waals surface area contributed by atoms with Gasteiger partial charge in [-0.2, -0.15) is 0 Å². The van der Waals surface area contributed by atoms with Gasteiger partial charge in [0.25, 0.3) is 5.79 Å². The normalized spacial score (nSPS) is 22.3. The maximum absolute atomic E-state index is 14.2. The molecule has 3 atom stereocenters. The number of nitrogens with one attached hydrogen (secondary N) is 3. The number of likely N-dealkylation sites (tertiary alicyclic amines) is 2. The summed E-state index contributed by atoms with van der Waals surface area (Å²) in [7, 11) is 1.86. The van der Waals surface area contributed by atoms with Crippen molar-refractivity contribution in [3.05, 3.63) is 143 Å². The van der Waals surface area contributed by atoms with E-state index in [0.29, 0.717) is 39.1 Å². The number of amides is 2. The number of nitrogens with zero attached hydrogens (tertiary/aromatic N) is 4. The molecule has 5 aromatic carbocycles. The van der Waals surface area contributed by atoms with Gasteiger partial charge in [0.1, 0.15) is 17.7 Å². The molecule has 0 radical (unpaired) electrons. The summed E-state index contributed by atoms with van der Waals surface area (Å²) in [6.45, 7) is 2.08. The van der Waals surface area contributed by atoms with Crippen molar-refractivity contribution in [1.82, 2.24) is 35.1 Å². The van der Waals surface area contributed by atoms with E-state index in [1.807, 2.05) is 83.7 Å². The van der Waals surface area contributed by atoms with E-state index in [2.05, 4.69) is 57.7 Å². The first kappa shape index (κ1) is 45.8. The summed E-state index contributed by atoms with van der Waals surface area (Å²) in [6.07, 6.45) is 15.4. The largest absolute Gasteiger partial charge is 0.448 e. The van der Waals surface area contributed by atoms with Gasteiger partial charge in [0.15, 0.2) is 17.3 Å². The minimum atomic E-state index is -0.836.